The van der Waals surface area contributed by atoms with E-state index in [1.807, 2.05) is 36.7 Å². The monoisotopic (exact) mass is 800 g/mol. The summed E-state index contributed by atoms with van der Waals surface area (Å²) < 4.78 is 15.0. The molecule has 0 atom stereocenters. The van der Waals surface area contributed by atoms with Crippen molar-refractivity contribution in [3.8, 4) is 0 Å². The van der Waals surface area contributed by atoms with Gasteiger partial charge in [-0.2, -0.15) is 0 Å². The number of pyridine rings is 2. The van der Waals surface area contributed by atoms with Crippen molar-refractivity contribution in [3.63, 3.8) is 0 Å². The average Bonchev–Trinajstić information content (AvgIpc) is 3.99. The SMILES string of the molecule is c1ccc2cc(N(c3ccc4c(c3)oc3ccccc34)c3cc4sc5cc(N(c6ccc7ccccc7c6)c6ccc7c(c6)oc6ccccc67)ncc5c4cn3)ccc2c1. The first-order valence-electron chi connectivity index (χ1n) is 20.3. The summed E-state index contributed by atoms with van der Waals surface area (Å²) >= 11 is 1.75. The fraction of sp³-hybridized carbons (Fsp3) is 0. The third-order valence-electron chi connectivity index (χ3n) is 11.9. The summed E-state index contributed by atoms with van der Waals surface area (Å²) in [6, 6.07) is 63.8. The number of rotatable bonds is 6. The van der Waals surface area contributed by atoms with Crippen LogP contribution in [0.5, 0.6) is 0 Å². The largest absolute Gasteiger partial charge is 0.456 e. The van der Waals surface area contributed by atoms with Crippen LogP contribution in [-0.2, 0) is 0 Å². The van der Waals surface area contributed by atoms with Crippen molar-refractivity contribution in [2.24, 2.45) is 0 Å². The Morgan fingerprint density at radius 1 is 0.328 bits per heavy atom. The Hall–Kier alpha value is -8.00. The second-order valence-electron chi connectivity index (χ2n) is 15.5. The Morgan fingerprint density at radius 2 is 0.721 bits per heavy atom. The molecule has 0 fully saturated rings. The molecule has 8 aromatic carbocycles. The van der Waals surface area contributed by atoms with Gasteiger partial charge in [0.05, 0.1) is 11.4 Å². The third kappa shape index (κ3) is 5.48. The fourth-order valence-electron chi connectivity index (χ4n) is 8.96. The van der Waals surface area contributed by atoms with Crippen LogP contribution in [0.15, 0.2) is 203 Å². The highest BCUT2D eigenvalue weighted by atomic mass is 32.1. The normalized spacial score (nSPS) is 11.9. The number of hydrogen-bond acceptors (Lipinski definition) is 7. The van der Waals surface area contributed by atoms with E-state index in [4.69, 9.17) is 18.8 Å². The van der Waals surface area contributed by atoms with Crippen molar-refractivity contribution in [1.82, 2.24) is 9.97 Å². The minimum atomic E-state index is 0.815. The van der Waals surface area contributed by atoms with Crippen molar-refractivity contribution < 1.29 is 8.83 Å². The van der Waals surface area contributed by atoms with E-state index in [1.54, 1.807) is 11.3 Å². The van der Waals surface area contributed by atoms with Crippen LogP contribution in [0.1, 0.15) is 0 Å². The van der Waals surface area contributed by atoms with Gasteiger partial charge in [0.15, 0.2) is 0 Å². The lowest BCUT2D eigenvalue weighted by Gasteiger charge is -2.25. The Bertz CT molecular complexity index is 3630. The number of hydrogen-bond donors (Lipinski definition) is 0. The van der Waals surface area contributed by atoms with Gasteiger partial charge in [0.1, 0.15) is 34.0 Å². The second-order valence-corrected chi connectivity index (χ2v) is 16.6. The maximum Gasteiger partial charge on any atom is 0.138 e. The zero-order chi connectivity index (χ0) is 40.0. The number of thiophene rings is 1. The van der Waals surface area contributed by atoms with E-state index in [2.05, 4.69) is 168 Å². The third-order valence-corrected chi connectivity index (χ3v) is 13.0. The molecule has 0 unspecified atom stereocenters. The van der Waals surface area contributed by atoms with Crippen molar-refractivity contribution >= 4 is 131 Å². The molecule has 0 saturated heterocycles. The molecule has 0 radical (unpaired) electrons. The lowest BCUT2D eigenvalue weighted by Crippen LogP contribution is -2.11. The van der Waals surface area contributed by atoms with E-state index in [0.29, 0.717) is 0 Å². The second kappa shape index (κ2) is 13.3. The Labute approximate surface area is 352 Å². The molecule has 0 N–H and O–H groups in total. The van der Waals surface area contributed by atoms with Crippen molar-refractivity contribution in [1.29, 1.82) is 0 Å². The number of fused-ring (bicyclic) bond motifs is 11. The molecule has 0 saturated carbocycles. The molecule has 286 valence electrons. The molecular weight excluding hydrogens is 769 g/mol. The Balaban J connectivity index is 0.961. The molecule has 61 heavy (non-hydrogen) atoms. The van der Waals surface area contributed by atoms with Crippen LogP contribution in [0.2, 0.25) is 0 Å². The van der Waals surface area contributed by atoms with Gasteiger partial charge in [0.25, 0.3) is 0 Å². The zero-order valence-corrected chi connectivity index (χ0v) is 33.3. The van der Waals surface area contributed by atoms with Gasteiger partial charge in [-0.05, 0) is 94.3 Å². The molecule has 7 heteroatoms. The van der Waals surface area contributed by atoms with Gasteiger partial charge in [-0.25, -0.2) is 9.97 Å². The number of benzene rings is 8. The topological polar surface area (TPSA) is 58.5 Å². The number of furan rings is 2. The molecule has 0 amide bonds. The molecule has 0 aliphatic heterocycles. The average molecular weight is 801 g/mol. The summed E-state index contributed by atoms with van der Waals surface area (Å²) in [6.07, 6.45) is 3.99. The van der Waals surface area contributed by atoms with Crippen LogP contribution in [0.25, 0.3) is 85.6 Å². The molecule has 13 aromatic rings. The Morgan fingerprint density at radius 3 is 1.21 bits per heavy atom. The highest BCUT2D eigenvalue weighted by molar-refractivity contribution is 7.25. The molecule has 13 rings (SSSR count). The van der Waals surface area contributed by atoms with Crippen molar-refractivity contribution in [2.45, 2.75) is 0 Å². The highest BCUT2D eigenvalue weighted by Gasteiger charge is 2.21. The first-order valence-corrected chi connectivity index (χ1v) is 21.1. The van der Waals surface area contributed by atoms with Crippen LogP contribution in [-0.4, -0.2) is 9.97 Å². The molecular formula is C54H32N4O2S. The van der Waals surface area contributed by atoms with E-state index >= 15 is 0 Å². The molecule has 5 aromatic heterocycles. The lowest BCUT2D eigenvalue weighted by molar-refractivity contribution is 0.668. The molecule has 0 spiro atoms. The van der Waals surface area contributed by atoms with Crippen LogP contribution in [0, 0.1) is 0 Å². The van der Waals surface area contributed by atoms with Gasteiger partial charge < -0.3 is 8.83 Å². The van der Waals surface area contributed by atoms with Crippen LogP contribution in [0.4, 0.5) is 34.4 Å². The van der Waals surface area contributed by atoms with Gasteiger partial charge in [-0.3, -0.25) is 9.80 Å². The highest BCUT2D eigenvalue weighted by Crippen LogP contribution is 2.44. The van der Waals surface area contributed by atoms with Gasteiger partial charge in [0, 0.05) is 77.6 Å². The van der Waals surface area contributed by atoms with Crippen LogP contribution >= 0.6 is 11.3 Å². The molecule has 0 aliphatic rings. The summed E-state index contributed by atoms with van der Waals surface area (Å²) in [4.78, 5) is 14.8. The smallest absolute Gasteiger partial charge is 0.138 e. The standard InChI is InChI=1S/C54H32N4O2S/c1-3-11-35-25-37(19-17-33(35)9-1)57(39-21-23-43-41-13-5-7-15-47(41)59-49(43)27-39)53-29-51-45(31-55-53)46-32-56-54(30-52(46)61-51)58(38-20-18-34-10-2-4-12-36(34)26-38)40-22-24-44-42-14-6-8-16-48(42)60-50(44)28-40/h1-32H. The maximum absolute atomic E-state index is 6.38. The van der Waals surface area contributed by atoms with Crippen LogP contribution in [0.3, 0.4) is 0 Å². The van der Waals surface area contributed by atoms with Gasteiger partial charge >= 0.3 is 0 Å². The van der Waals surface area contributed by atoms with Crippen molar-refractivity contribution in [2.75, 3.05) is 9.80 Å². The van der Waals surface area contributed by atoms with E-state index in [1.165, 1.54) is 10.8 Å². The Kier molecular flexibility index (Phi) is 7.37. The molecule has 5 heterocycles. The predicted molar refractivity (Wildman–Crippen MR) is 254 cm³/mol. The maximum atomic E-state index is 6.38. The number of nitrogens with zero attached hydrogens (tertiary/aromatic N) is 4. The quantitative estimate of drug-likeness (QED) is 0.167. The predicted octanol–water partition coefficient (Wildman–Crippen LogP) is 15.9. The number of aromatic nitrogens is 2. The van der Waals surface area contributed by atoms with E-state index in [-0.39, 0.29) is 0 Å². The minimum absolute atomic E-state index is 0.815. The minimum Gasteiger partial charge on any atom is -0.456 e. The lowest BCUT2D eigenvalue weighted by atomic mass is 10.1. The number of anilines is 6. The van der Waals surface area contributed by atoms with E-state index in [9.17, 15) is 0 Å². The van der Waals surface area contributed by atoms with Gasteiger partial charge in [0.2, 0.25) is 0 Å². The van der Waals surface area contributed by atoms with Crippen molar-refractivity contribution in [3.05, 3.63) is 194 Å². The summed E-state index contributed by atoms with van der Waals surface area (Å²) in [7, 11) is 0. The van der Waals surface area contributed by atoms with Crippen LogP contribution < -0.4 is 9.80 Å². The zero-order valence-electron chi connectivity index (χ0n) is 32.5. The van der Waals surface area contributed by atoms with E-state index < -0.39 is 0 Å². The summed E-state index contributed by atoms with van der Waals surface area (Å²) in [6.45, 7) is 0. The summed E-state index contributed by atoms with van der Waals surface area (Å²) in [5, 5.41) is 11.2. The van der Waals surface area contributed by atoms with Gasteiger partial charge in [-0.1, -0.05) is 97.1 Å². The van der Waals surface area contributed by atoms with Gasteiger partial charge in [-0.15, -0.1) is 11.3 Å². The fourth-order valence-corrected chi connectivity index (χ4v) is 10.1. The first kappa shape index (κ1) is 33.9. The first-order chi connectivity index (χ1) is 30.2. The number of para-hydroxylation sites is 2. The van der Waals surface area contributed by atoms with E-state index in [0.717, 1.165) is 109 Å². The molecule has 0 aliphatic carbocycles. The molecule has 6 nitrogen and oxygen atoms in total. The molecule has 0 bridgehead atoms. The summed E-state index contributed by atoms with van der Waals surface area (Å²) in [5.41, 5.74) is 7.37. The summed E-state index contributed by atoms with van der Waals surface area (Å²) in [5.74, 6) is 1.63.